The molecule has 1 atom stereocenters. The number of ether oxygens (including phenoxy) is 1. The van der Waals surface area contributed by atoms with E-state index >= 15 is 0 Å². The molecule has 0 aliphatic carbocycles. The second-order valence-corrected chi connectivity index (χ2v) is 4.70. The van der Waals surface area contributed by atoms with Crippen LogP contribution in [0.25, 0.3) is 11.0 Å². The number of hydrogen-bond donors (Lipinski definition) is 3. The van der Waals surface area contributed by atoms with Crippen LogP contribution in [0.3, 0.4) is 0 Å². The Labute approximate surface area is 114 Å². The topological polar surface area (TPSA) is 79.0 Å². The van der Waals surface area contributed by atoms with Gasteiger partial charge in [0, 0.05) is 6.54 Å². The quantitative estimate of drug-likeness (QED) is 0.771. The number of morpholine rings is 1. The highest BCUT2D eigenvalue weighted by atomic mass is 35.5. The standard InChI is InChI=1S/C12H13ClN4O2/c13-7-2-1-3-8-10(7)16-12(15-8)17-11(18)9-6-19-5-4-14-9/h1-3,9,14H,4-6H2,(H2,15,16,17,18). The summed E-state index contributed by atoms with van der Waals surface area (Å²) in [6.45, 7) is 1.67. The predicted molar refractivity (Wildman–Crippen MR) is 72.3 cm³/mol. The molecular weight excluding hydrogens is 268 g/mol. The summed E-state index contributed by atoms with van der Waals surface area (Å²) in [6, 6.07) is 5.08. The molecule has 0 spiro atoms. The van der Waals surface area contributed by atoms with Gasteiger partial charge < -0.3 is 15.0 Å². The van der Waals surface area contributed by atoms with Crippen molar-refractivity contribution in [3.8, 4) is 0 Å². The molecule has 2 heterocycles. The minimum Gasteiger partial charge on any atom is -0.378 e. The predicted octanol–water partition coefficient (Wildman–Crippen LogP) is 1.14. The summed E-state index contributed by atoms with van der Waals surface area (Å²) in [5.74, 6) is 0.218. The number of carbonyl (C=O) groups is 1. The van der Waals surface area contributed by atoms with Gasteiger partial charge in [0.1, 0.15) is 11.6 Å². The second kappa shape index (κ2) is 5.16. The molecule has 0 radical (unpaired) electrons. The van der Waals surface area contributed by atoms with Gasteiger partial charge >= 0.3 is 0 Å². The third-order valence-electron chi connectivity index (χ3n) is 2.94. The van der Waals surface area contributed by atoms with Crippen molar-refractivity contribution in [1.29, 1.82) is 0 Å². The second-order valence-electron chi connectivity index (χ2n) is 4.29. The van der Waals surface area contributed by atoms with Crippen LogP contribution < -0.4 is 10.6 Å². The maximum absolute atomic E-state index is 12.0. The minimum absolute atomic E-state index is 0.171. The van der Waals surface area contributed by atoms with E-state index in [1.165, 1.54) is 0 Å². The fraction of sp³-hybridized carbons (Fsp3) is 0.333. The number of halogens is 1. The number of benzene rings is 1. The Hall–Kier alpha value is -1.63. The van der Waals surface area contributed by atoms with E-state index in [0.29, 0.717) is 36.2 Å². The Balaban J connectivity index is 1.77. The summed E-state index contributed by atoms with van der Waals surface area (Å²) in [5, 5.41) is 6.35. The Morgan fingerprint density at radius 1 is 1.53 bits per heavy atom. The maximum atomic E-state index is 12.0. The van der Waals surface area contributed by atoms with E-state index in [4.69, 9.17) is 16.3 Å². The fourth-order valence-corrected chi connectivity index (χ4v) is 2.21. The molecule has 1 aliphatic heterocycles. The number of nitrogens with zero attached hydrogens (tertiary/aromatic N) is 1. The summed E-state index contributed by atoms with van der Waals surface area (Å²) in [4.78, 5) is 19.3. The Morgan fingerprint density at radius 2 is 2.42 bits per heavy atom. The van der Waals surface area contributed by atoms with Crippen LogP contribution in [0.2, 0.25) is 5.02 Å². The van der Waals surface area contributed by atoms with Gasteiger partial charge in [-0.1, -0.05) is 17.7 Å². The molecule has 1 saturated heterocycles. The average Bonchev–Trinajstić information content (AvgIpc) is 2.84. The number of hydrogen-bond acceptors (Lipinski definition) is 4. The van der Waals surface area contributed by atoms with Gasteiger partial charge in [0.25, 0.3) is 0 Å². The lowest BCUT2D eigenvalue weighted by molar-refractivity contribution is -0.120. The van der Waals surface area contributed by atoms with Crippen LogP contribution in [0.15, 0.2) is 18.2 Å². The largest absolute Gasteiger partial charge is 0.378 e. The van der Waals surface area contributed by atoms with Crippen molar-refractivity contribution in [2.45, 2.75) is 6.04 Å². The molecule has 7 heteroatoms. The van der Waals surface area contributed by atoms with Gasteiger partial charge in [-0.3, -0.25) is 10.1 Å². The molecule has 6 nitrogen and oxygen atoms in total. The van der Waals surface area contributed by atoms with Crippen LogP contribution in [-0.4, -0.2) is 41.7 Å². The van der Waals surface area contributed by atoms with Gasteiger partial charge in [0.05, 0.1) is 23.8 Å². The first-order valence-electron chi connectivity index (χ1n) is 6.00. The van der Waals surface area contributed by atoms with Crippen molar-refractivity contribution in [1.82, 2.24) is 15.3 Å². The number of aromatic amines is 1. The molecule has 1 aromatic carbocycles. The number of anilines is 1. The Kier molecular flexibility index (Phi) is 3.37. The monoisotopic (exact) mass is 280 g/mol. The van der Waals surface area contributed by atoms with Gasteiger partial charge in [0.2, 0.25) is 11.9 Å². The van der Waals surface area contributed by atoms with E-state index in [9.17, 15) is 4.79 Å². The van der Waals surface area contributed by atoms with Crippen molar-refractivity contribution < 1.29 is 9.53 Å². The van der Waals surface area contributed by atoms with Crippen LogP contribution in [0, 0.1) is 0 Å². The lowest BCUT2D eigenvalue weighted by Crippen LogP contribution is -2.48. The Morgan fingerprint density at radius 3 is 3.16 bits per heavy atom. The SMILES string of the molecule is O=C(Nc1nc2c(Cl)cccc2[nH]1)C1COCCN1. The van der Waals surface area contributed by atoms with E-state index in [1.54, 1.807) is 6.07 Å². The highest BCUT2D eigenvalue weighted by Gasteiger charge is 2.22. The van der Waals surface area contributed by atoms with Crippen LogP contribution >= 0.6 is 11.6 Å². The highest BCUT2D eigenvalue weighted by Crippen LogP contribution is 2.22. The normalized spacial score (nSPS) is 19.5. The first-order valence-corrected chi connectivity index (χ1v) is 6.38. The molecule has 100 valence electrons. The molecule has 3 N–H and O–H groups in total. The summed E-state index contributed by atoms with van der Waals surface area (Å²) in [7, 11) is 0. The number of imidazole rings is 1. The smallest absolute Gasteiger partial charge is 0.246 e. The zero-order valence-corrected chi connectivity index (χ0v) is 10.8. The number of para-hydroxylation sites is 1. The molecule has 0 saturated carbocycles. The first kappa shape index (κ1) is 12.4. The highest BCUT2D eigenvalue weighted by molar-refractivity contribution is 6.35. The lowest BCUT2D eigenvalue weighted by Gasteiger charge is -2.22. The number of aromatic nitrogens is 2. The first-order chi connectivity index (χ1) is 9.24. The molecule has 2 aromatic rings. The number of fused-ring (bicyclic) bond motifs is 1. The van der Waals surface area contributed by atoms with E-state index in [0.717, 1.165) is 5.52 Å². The molecule has 1 amide bonds. The van der Waals surface area contributed by atoms with Crippen molar-refractivity contribution in [2.24, 2.45) is 0 Å². The van der Waals surface area contributed by atoms with Crippen LogP contribution in [0.4, 0.5) is 5.95 Å². The molecule has 1 unspecified atom stereocenters. The number of nitrogens with one attached hydrogen (secondary N) is 3. The van der Waals surface area contributed by atoms with Gasteiger partial charge in [0.15, 0.2) is 0 Å². The van der Waals surface area contributed by atoms with E-state index in [-0.39, 0.29) is 11.9 Å². The number of H-pyrrole nitrogens is 1. The van der Waals surface area contributed by atoms with Crippen molar-refractivity contribution in [3.05, 3.63) is 23.2 Å². The summed E-state index contributed by atoms with van der Waals surface area (Å²) in [6.07, 6.45) is 0. The Bertz CT molecular complexity index is 607. The third-order valence-corrected chi connectivity index (χ3v) is 3.25. The molecular formula is C12H13ClN4O2. The van der Waals surface area contributed by atoms with Crippen molar-refractivity contribution >= 4 is 34.5 Å². The van der Waals surface area contributed by atoms with E-state index in [1.807, 2.05) is 12.1 Å². The summed E-state index contributed by atoms with van der Waals surface area (Å²) in [5.41, 5.74) is 1.43. The zero-order chi connectivity index (χ0) is 13.2. The lowest BCUT2D eigenvalue weighted by atomic mass is 10.2. The van der Waals surface area contributed by atoms with Crippen LogP contribution in [0.5, 0.6) is 0 Å². The number of rotatable bonds is 2. The molecule has 0 bridgehead atoms. The average molecular weight is 281 g/mol. The molecule has 1 fully saturated rings. The van der Waals surface area contributed by atoms with Gasteiger partial charge in [-0.05, 0) is 12.1 Å². The third kappa shape index (κ3) is 2.56. The van der Waals surface area contributed by atoms with Crippen molar-refractivity contribution in [3.63, 3.8) is 0 Å². The van der Waals surface area contributed by atoms with Crippen LogP contribution in [0.1, 0.15) is 0 Å². The van der Waals surface area contributed by atoms with Crippen LogP contribution in [-0.2, 0) is 9.53 Å². The number of amides is 1. The molecule has 1 aliphatic rings. The molecule has 3 rings (SSSR count). The minimum atomic E-state index is -0.350. The molecule has 19 heavy (non-hydrogen) atoms. The van der Waals surface area contributed by atoms with Crippen molar-refractivity contribution in [2.75, 3.05) is 25.1 Å². The zero-order valence-electron chi connectivity index (χ0n) is 10.1. The maximum Gasteiger partial charge on any atom is 0.246 e. The van der Waals surface area contributed by atoms with Gasteiger partial charge in [-0.25, -0.2) is 4.98 Å². The fourth-order valence-electron chi connectivity index (χ4n) is 1.99. The van der Waals surface area contributed by atoms with Gasteiger partial charge in [-0.2, -0.15) is 0 Å². The number of carbonyl (C=O) groups excluding carboxylic acids is 1. The summed E-state index contributed by atoms with van der Waals surface area (Å²) < 4.78 is 5.24. The summed E-state index contributed by atoms with van der Waals surface area (Å²) >= 11 is 6.03. The molecule has 1 aromatic heterocycles. The van der Waals surface area contributed by atoms with E-state index < -0.39 is 0 Å². The van der Waals surface area contributed by atoms with Gasteiger partial charge in [-0.15, -0.1) is 0 Å². The van der Waals surface area contributed by atoms with E-state index in [2.05, 4.69) is 20.6 Å².